The van der Waals surface area contributed by atoms with Crippen molar-refractivity contribution in [3.8, 4) is 11.8 Å². The van der Waals surface area contributed by atoms with Gasteiger partial charge in [0.25, 0.3) is 17.7 Å². The Bertz CT molecular complexity index is 3180. The Balaban J connectivity index is 0.870. The Morgan fingerprint density at radius 3 is 2.32 bits per heavy atom. The van der Waals surface area contributed by atoms with Crippen molar-refractivity contribution in [1.82, 2.24) is 35.6 Å². The zero-order valence-corrected chi connectivity index (χ0v) is 44.9. The number of likely N-dealkylation sites (tertiary alicyclic amines) is 1. The van der Waals surface area contributed by atoms with Crippen LogP contribution in [-0.2, 0) is 39.0 Å². The number of halogens is 2. The number of piperazine rings is 1. The molecule has 9 amide bonds. The van der Waals surface area contributed by atoms with Gasteiger partial charge in [-0.25, -0.2) is 0 Å². The molecule has 4 aromatic rings. The number of hydrogen-bond acceptors (Lipinski definition) is 11. The molecule has 3 aromatic carbocycles. The van der Waals surface area contributed by atoms with E-state index < -0.39 is 96.0 Å². The predicted octanol–water partition coefficient (Wildman–Crippen LogP) is 5.24. The predicted molar refractivity (Wildman–Crippen MR) is 282 cm³/mol. The molecule has 0 aliphatic carbocycles. The minimum atomic E-state index is -5.86. The molecule has 0 radical (unpaired) electrons. The van der Waals surface area contributed by atoms with E-state index in [9.17, 15) is 66.3 Å². The first kappa shape index (κ1) is 57.0. The first-order valence-electron chi connectivity index (χ1n) is 25.7. The molecule has 412 valence electrons. The van der Waals surface area contributed by atoms with Crippen LogP contribution in [0.1, 0.15) is 132 Å². The highest BCUT2D eigenvalue weighted by atomic mass is 32.1. The fourth-order valence-electron chi connectivity index (χ4n) is 10.2. The number of thiophene rings is 1. The molecule has 1 unspecified atom stereocenters. The number of unbranched alkanes of at least 4 members (excludes halogenated alkanes) is 3. The largest absolute Gasteiger partial charge is 0.399 e. The number of rotatable bonds is 15. The van der Waals surface area contributed by atoms with Gasteiger partial charge < -0.3 is 35.1 Å². The lowest BCUT2D eigenvalue weighted by molar-refractivity contribution is -0.155. The average Bonchev–Trinajstić information content (AvgIpc) is 3.97. The van der Waals surface area contributed by atoms with Gasteiger partial charge in [0.2, 0.25) is 35.4 Å². The van der Waals surface area contributed by atoms with E-state index in [2.05, 4.69) is 27.8 Å². The zero-order chi connectivity index (χ0) is 56.3. The van der Waals surface area contributed by atoms with Crippen LogP contribution in [0.15, 0.2) is 72.8 Å². The summed E-state index contributed by atoms with van der Waals surface area (Å²) in [6.07, 6.45) is 3.52. The molecule has 0 bridgehead atoms. The van der Waals surface area contributed by atoms with Crippen molar-refractivity contribution in [1.29, 1.82) is 0 Å². The summed E-state index contributed by atoms with van der Waals surface area (Å²) in [5.74, 6) is 0.934. The average molecular weight is 1110 g/mol. The van der Waals surface area contributed by atoms with E-state index in [0.717, 1.165) is 40.4 Å². The maximum Gasteiger partial charge on any atom is 0.399 e. The van der Waals surface area contributed by atoms with E-state index in [-0.39, 0.29) is 72.2 Å². The van der Waals surface area contributed by atoms with Crippen molar-refractivity contribution < 1.29 is 66.3 Å². The number of amides is 9. The number of carbonyl (C=O) groups is 9. The quantitative estimate of drug-likeness (QED) is 0.0337. The van der Waals surface area contributed by atoms with Crippen LogP contribution in [0, 0.1) is 17.3 Å². The number of alkyl halides is 2. The first-order chi connectivity index (χ1) is 36.9. The van der Waals surface area contributed by atoms with Crippen molar-refractivity contribution in [3.05, 3.63) is 105 Å². The molecule has 5 heterocycles. The minimum absolute atomic E-state index is 0.0152. The molecule has 1 aromatic heterocycles. The number of piperidine rings is 2. The molecule has 19 nitrogen and oxygen atoms in total. The Labute approximate surface area is 452 Å². The highest BCUT2D eigenvalue weighted by molar-refractivity contribution is 7.52. The molecule has 4 aliphatic heterocycles. The van der Waals surface area contributed by atoms with Gasteiger partial charge in [0, 0.05) is 67.3 Å². The van der Waals surface area contributed by atoms with Crippen LogP contribution in [0.2, 0.25) is 0 Å². The second kappa shape index (κ2) is 23.4. The molecular weight excluding hydrogens is 1050 g/mol. The number of fused-ring (bicyclic) bond motifs is 2. The van der Waals surface area contributed by atoms with E-state index in [0.29, 0.717) is 55.5 Å². The minimum Gasteiger partial charge on any atom is -0.356 e. The third-order valence-corrected chi connectivity index (χ3v) is 16.5. The number of carbonyl (C=O) groups excluding carboxylic acids is 9. The fraction of sp³-hybridized carbons (Fsp3) is 0.436. The molecule has 3 fully saturated rings. The lowest BCUT2D eigenvalue weighted by Gasteiger charge is -2.45. The smallest absolute Gasteiger partial charge is 0.356 e. The van der Waals surface area contributed by atoms with E-state index in [1.165, 1.54) is 34.1 Å². The van der Waals surface area contributed by atoms with Gasteiger partial charge in [0.1, 0.15) is 24.5 Å². The monoisotopic (exact) mass is 1110 g/mol. The van der Waals surface area contributed by atoms with Gasteiger partial charge in [0.15, 0.2) is 0 Å². The molecule has 5 N–H and O–H groups in total. The third kappa shape index (κ3) is 12.5. The van der Waals surface area contributed by atoms with Crippen LogP contribution < -0.4 is 16.0 Å². The number of imide groups is 2. The second-order valence-electron chi connectivity index (χ2n) is 21.0. The molecular formula is C55H60F2N7O12PS. The van der Waals surface area contributed by atoms with Crippen LogP contribution in [-0.4, -0.2) is 140 Å². The molecule has 4 aliphatic rings. The van der Waals surface area contributed by atoms with Crippen molar-refractivity contribution in [2.75, 3.05) is 39.3 Å². The fourth-order valence-corrected chi connectivity index (χ4v) is 11.6. The summed E-state index contributed by atoms with van der Waals surface area (Å²) in [6, 6.07) is 15.2. The molecule has 23 heteroatoms. The standard InChI is InChI=1S/C55H60F2N7O12PS/c1-54(2,3)47(60-49(69)43-29-36-28-37(18-21-42(36)78-43)55(56,57)77(74,75)76)53(73)63-26-25-61(32-41(63)52(72)62-24-12-16-35(31-62)34-14-9-7-10-15-34)46(67)30-45(66)58-23-11-6-4-5-8-13-33-17-19-38-39(27-33)51(71)64(50(38)70)40-20-22-44(65)59-48(40)68/h7,9-10,14-15,17-19,21,27-29,35,40-41,47H,4-6,11-12,16,20,22-26,30-32H2,1-3H3,(H,58,66)(H,60,69)(H,59,65,68)(H2,74,75,76)/t35-,40?,41-,47+/m0/s1. The zero-order valence-electron chi connectivity index (χ0n) is 43.2. The SMILES string of the molecule is CC(C)(C)[C@H](NC(=O)c1cc2cc(C(F)(F)P(=O)(O)O)ccc2s1)C(=O)N1CCN(C(=O)CC(=O)NCCCCCC#Cc2ccc3c(c2)C(=O)N(C2CCC(=O)NC2=O)C3=O)C[C@H]1C(=O)N1CCC[C@H](c2ccccc2)C1. The van der Waals surface area contributed by atoms with Crippen molar-refractivity contribution in [2.24, 2.45) is 5.41 Å². The summed E-state index contributed by atoms with van der Waals surface area (Å²) < 4.78 is 41.1. The van der Waals surface area contributed by atoms with Gasteiger partial charge >= 0.3 is 13.3 Å². The summed E-state index contributed by atoms with van der Waals surface area (Å²) in [5, 5.41) is 7.88. The van der Waals surface area contributed by atoms with Gasteiger partial charge in [-0.2, -0.15) is 8.78 Å². The number of nitrogens with zero attached hydrogens (tertiary/aromatic N) is 4. The lowest BCUT2D eigenvalue weighted by Crippen LogP contribution is -2.66. The molecule has 78 heavy (non-hydrogen) atoms. The van der Waals surface area contributed by atoms with Gasteiger partial charge in [-0.1, -0.05) is 75.4 Å². The van der Waals surface area contributed by atoms with Crippen LogP contribution in [0.3, 0.4) is 0 Å². The number of hydrogen-bond donors (Lipinski definition) is 5. The highest BCUT2D eigenvalue weighted by Crippen LogP contribution is 2.59. The van der Waals surface area contributed by atoms with Crippen LogP contribution in [0.4, 0.5) is 8.78 Å². The molecule has 0 saturated carbocycles. The van der Waals surface area contributed by atoms with Gasteiger partial charge in [0.05, 0.1) is 22.5 Å². The van der Waals surface area contributed by atoms with Crippen LogP contribution in [0.25, 0.3) is 10.1 Å². The summed E-state index contributed by atoms with van der Waals surface area (Å²) >= 11 is 0.930. The van der Waals surface area contributed by atoms with Crippen molar-refractivity contribution in [3.63, 3.8) is 0 Å². The molecule has 0 spiro atoms. The maximum absolute atomic E-state index is 14.9. The molecule has 3 saturated heterocycles. The number of nitrogens with one attached hydrogen (secondary N) is 3. The lowest BCUT2D eigenvalue weighted by atomic mass is 9.85. The topological polar surface area (TPSA) is 260 Å². The Hall–Kier alpha value is -7.18. The van der Waals surface area contributed by atoms with Crippen LogP contribution in [0.5, 0.6) is 0 Å². The molecule has 4 atom stereocenters. The van der Waals surface area contributed by atoms with Crippen molar-refractivity contribution in [2.45, 2.75) is 108 Å². The Morgan fingerprint density at radius 2 is 1.60 bits per heavy atom. The van der Waals surface area contributed by atoms with Crippen LogP contribution >= 0.6 is 18.9 Å². The highest BCUT2D eigenvalue weighted by Gasteiger charge is 2.51. The van der Waals surface area contributed by atoms with Crippen molar-refractivity contribution >= 4 is 82.2 Å². The van der Waals surface area contributed by atoms with E-state index in [1.54, 1.807) is 31.7 Å². The first-order valence-corrected chi connectivity index (χ1v) is 28.2. The van der Waals surface area contributed by atoms with E-state index in [4.69, 9.17) is 0 Å². The summed E-state index contributed by atoms with van der Waals surface area (Å²) in [4.78, 5) is 145. The number of benzene rings is 3. The van der Waals surface area contributed by atoms with Gasteiger partial charge in [-0.15, -0.1) is 11.3 Å². The molecule has 8 rings (SSSR count). The summed E-state index contributed by atoms with van der Waals surface area (Å²) in [6.45, 7) is 5.91. The van der Waals surface area contributed by atoms with Gasteiger partial charge in [-0.05, 0) is 84.9 Å². The second-order valence-corrected chi connectivity index (χ2v) is 23.7. The van der Waals surface area contributed by atoms with E-state index >= 15 is 0 Å². The van der Waals surface area contributed by atoms with Gasteiger partial charge in [-0.3, -0.25) is 57.9 Å². The Morgan fingerprint density at radius 1 is 0.859 bits per heavy atom. The third-order valence-electron chi connectivity index (χ3n) is 14.4. The Kier molecular flexibility index (Phi) is 17.1. The normalized spacial score (nSPS) is 19.4. The summed E-state index contributed by atoms with van der Waals surface area (Å²) in [5.41, 5.74) is -4.48. The van der Waals surface area contributed by atoms with E-state index in [1.807, 2.05) is 30.3 Å². The summed E-state index contributed by atoms with van der Waals surface area (Å²) in [7, 11) is -5.86. The maximum atomic E-state index is 14.9.